The Hall–Kier alpha value is -2.04. The number of rotatable bonds is 5. The quantitative estimate of drug-likeness (QED) is 0.840. The maximum atomic E-state index is 12.1. The number of ether oxygens (including phenoxy) is 2. The van der Waals surface area contributed by atoms with E-state index in [1.165, 1.54) is 22.3 Å². The summed E-state index contributed by atoms with van der Waals surface area (Å²) in [6.45, 7) is 3.90. The molecule has 0 atom stereocenters. The van der Waals surface area contributed by atoms with Crippen molar-refractivity contribution in [3.8, 4) is 0 Å². The van der Waals surface area contributed by atoms with Crippen LogP contribution in [0.15, 0.2) is 6.07 Å². The number of nitrogens with one attached hydrogen (secondary N) is 1. The van der Waals surface area contributed by atoms with Gasteiger partial charge in [0.1, 0.15) is 0 Å². The predicted octanol–water partition coefficient (Wildman–Crippen LogP) is 3.41. The van der Waals surface area contributed by atoms with Gasteiger partial charge in [-0.15, -0.1) is 0 Å². The number of aryl methyl sites for hydroxylation is 2. The fraction of sp³-hybridized carbons (Fsp3) is 0.579. The highest BCUT2D eigenvalue weighted by Gasteiger charge is 2.25. The normalized spacial score (nSPS) is 15.1. The molecule has 0 unspecified atom stereocenters. The molecule has 0 saturated heterocycles. The topological polar surface area (TPSA) is 64.6 Å². The Morgan fingerprint density at radius 2 is 1.67 bits per heavy atom. The Labute approximate surface area is 142 Å². The maximum absolute atomic E-state index is 12.1. The summed E-state index contributed by atoms with van der Waals surface area (Å²) < 4.78 is 10.0. The first kappa shape index (κ1) is 16.8. The number of benzene rings is 1. The van der Waals surface area contributed by atoms with Gasteiger partial charge in [-0.3, -0.25) is 5.32 Å². The highest BCUT2D eigenvalue weighted by Crippen LogP contribution is 2.38. The molecule has 0 radical (unpaired) electrons. The summed E-state index contributed by atoms with van der Waals surface area (Å²) in [6.07, 6.45) is 5.82. The van der Waals surface area contributed by atoms with Crippen LogP contribution in [-0.4, -0.2) is 25.3 Å². The summed E-state index contributed by atoms with van der Waals surface area (Å²) in [5, 5.41) is 2.89. The summed E-state index contributed by atoms with van der Waals surface area (Å²) in [5.74, 6) is -0.250. The average Bonchev–Trinajstić information content (AvgIpc) is 3.19. The molecule has 2 aliphatic carbocycles. The number of carbonyl (C=O) groups is 2. The van der Waals surface area contributed by atoms with Gasteiger partial charge in [0.15, 0.2) is 6.61 Å². The number of fused-ring (bicyclic) bond motifs is 2. The van der Waals surface area contributed by atoms with E-state index in [4.69, 9.17) is 9.47 Å². The molecule has 0 fully saturated rings. The Bertz CT molecular complexity index is 619. The van der Waals surface area contributed by atoms with Crippen LogP contribution in [-0.2, 0) is 40.0 Å². The van der Waals surface area contributed by atoms with E-state index >= 15 is 0 Å². The molecule has 130 valence electrons. The predicted molar refractivity (Wildman–Crippen MR) is 91.3 cm³/mol. The van der Waals surface area contributed by atoms with Gasteiger partial charge in [-0.25, -0.2) is 9.59 Å². The third-order valence-corrected chi connectivity index (χ3v) is 4.60. The highest BCUT2D eigenvalue weighted by atomic mass is 16.6. The summed E-state index contributed by atoms with van der Waals surface area (Å²) in [4.78, 5) is 23.7. The zero-order chi connectivity index (χ0) is 17.1. The van der Waals surface area contributed by atoms with Crippen LogP contribution in [0.4, 0.5) is 10.5 Å². The lowest BCUT2D eigenvalue weighted by Gasteiger charge is -2.16. The number of hydrogen-bond donors (Lipinski definition) is 1. The van der Waals surface area contributed by atoms with Crippen LogP contribution in [0, 0.1) is 5.92 Å². The molecule has 1 aromatic carbocycles. The summed E-state index contributed by atoms with van der Waals surface area (Å²) in [7, 11) is 0. The van der Waals surface area contributed by atoms with Crippen LogP contribution in [0.5, 0.6) is 0 Å². The fourth-order valence-corrected chi connectivity index (χ4v) is 3.53. The summed E-state index contributed by atoms with van der Waals surface area (Å²) in [5.41, 5.74) is 6.12. The van der Waals surface area contributed by atoms with E-state index in [9.17, 15) is 9.59 Å². The Morgan fingerprint density at radius 1 is 1.04 bits per heavy atom. The van der Waals surface area contributed by atoms with Gasteiger partial charge in [0, 0.05) is 0 Å². The van der Waals surface area contributed by atoms with Crippen molar-refractivity contribution in [3.05, 3.63) is 28.3 Å². The fourth-order valence-electron chi connectivity index (χ4n) is 3.53. The average molecular weight is 331 g/mol. The van der Waals surface area contributed by atoms with Gasteiger partial charge in [0.05, 0.1) is 12.3 Å². The number of anilines is 1. The molecular formula is C19H25NO4. The molecule has 1 N–H and O–H groups in total. The van der Waals surface area contributed by atoms with Crippen molar-refractivity contribution >= 4 is 17.7 Å². The van der Waals surface area contributed by atoms with Crippen LogP contribution in [0.2, 0.25) is 0 Å². The zero-order valence-corrected chi connectivity index (χ0v) is 14.4. The SMILES string of the molecule is CC(C)COC(=O)COC(=O)Nc1c2c(cc3c1CCC3)CCC2. The second-order valence-corrected chi connectivity index (χ2v) is 7.01. The molecule has 2 aliphatic rings. The zero-order valence-electron chi connectivity index (χ0n) is 14.4. The van der Waals surface area contributed by atoms with Gasteiger partial charge in [-0.1, -0.05) is 19.9 Å². The Balaban J connectivity index is 1.62. The molecule has 24 heavy (non-hydrogen) atoms. The van der Waals surface area contributed by atoms with E-state index in [2.05, 4.69) is 11.4 Å². The standard InChI is InChI=1S/C19H25NO4/c1-12(2)10-23-17(21)11-24-19(22)20-18-15-7-3-5-13(15)9-14-6-4-8-16(14)18/h9,12H,3-8,10-11H2,1-2H3,(H,20,22). The van der Waals surface area contributed by atoms with Crippen LogP contribution in [0.1, 0.15) is 48.9 Å². The molecule has 0 heterocycles. The highest BCUT2D eigenvalue weighted by molar-refractivity contribution is 5.89. The van der Waals surface area contributed by atoms with Gasteiger partial charge in [0.2, 0.25) is 0 Å². The van der Waals surface area contributed by atoms with Crippen molar-refractivity contribution in [1.82, 2.24) is 0 Å². The lowest BCUT2D eigenvalue weighted by atomic mass is 9.99. The molecule has 1 aromatic rings. The maximum Gasteiger partial charge on any atom is 0.412 e. The van der Waals surface area contributed by atoms with E-state index in [1.807, 2.05) is 13.8 Å². The first-order chi connectivity index (χ1) is 11.5. The van der Waals surface area contributed by atoms with Crippen LogP contribution < -0.4 is 5.32 Å². The number of esters is 1. The lowest BCUT2D eigenvalue weighted by molar-refractivity contribution is -0.147. The van der Waals surface area contributed by atoms with Crippen molar-refractivity contribution in [2.24, 2.45) is 5.92 Å². The third kappa shape index (κ3) is 3.71. The van der Waals surface area contributed by atoms with Gasteiger partial charge in [-0.05, 0) is 66.7 Å². The summed E-state index contributed by atoms with van der Waals surface area (Å²) >= 11 is 0. The molecule has 0 spiro atoms. The smallest absolute Gasteiger partial charge is 0.412 e. The van der Waals surface area contributed by atoms with Crippen molar-refractivity contribution in [2.45, 2.75) is 52.4 Å². The number of hydrogen-bond acceptors (Lipinski definition) is 4. The lowest BCUT2D eigenvalue weighted by Crippen LogP contribution is -2.22. The third-order valence-electron chi connectivity index (χ3n) is 4.60. The molecule has 0 saturated carbocycles. The summed E-state index contributed by atoms with van der Waals surface area (Å²) in [6, 6.07) is 2.31. The molecule has 0 aromatic heterocycles. The van der Waals surface area contributed by atoms with Crippen molar-refractivity contribution in [2.75, 3.05) is 18.5 Å². The largest absolute Gasteiger partial charge is 0.463 e. The van der Waals surface area contributed by atoms with Gasteiger partial charge in [-0.2, -0.15) is 0 Å². The number of carbonyl (C=O) groups excluding carboxylic acids is 2. The van der Waals surface area contributed by atoms with Crippen LogP contribution in [0.25, 0.3) is 0 Å². The van der Waals surface area contributed by atoms with Crippen LogP contribution >= 0.6 is 0 Å². The van der Waals surface area contributed by atoms with Gasteiger partial charge < -0.3 is 9.47 Å². The number of amides is 1. The first-order valence-electron chi connectivity index (χ1n) is 8.80. The minimum absolute atomic E-state index is 0.261. The van der Waals surface area contributed by atoms with E-state index in [1.54, 1.807) is 0 Å². The molecule has 5 heteroatoms. The molecule has 3 rings (SSSR count). The van der Waals surface area contributed by atoms with E-state index in [-0.39, 0.29) is 12.5 Å². The molecule has 0 aliphatic heterocycles. The van der Waals surface area contributed by atoms with Crippen LogP contribution in [0.3, 0.4) is 0 Å². The monoisotopic (exact) mass is 331 g/mol. The molecule has 0 bridgehead atoms. The second kappa shape index (κ2) is 7.24. The minimum atomic E-state index is -0.578. The van der Waals surface area contributed by atoms with Gasteiger partial charge >= 0.3 is 12.1 Å². The Morgan fingerprint density at radius 3 is 2.25 bits per heavy atom. The minimum Gasteiger partial charge on any atom is -0.463 e. The first-order valence-corrected chi connectivity index (χ1v) is 8.80. The van der Waals surface area contributed by atoms with E-state index < -0.39 is 12.1 Å². The van der Waals surface area contributed by atoms with E-state index in [0.29, 0.717) is 6.61 Å². The second-order valence-electron chi connectivity index (χ2n) is 7.01. The van der Waals surface area contributed by atoms with Crippen molar-refractivity contribution in [1.29, 1.82) is 0 Å². The van der Waals surface area contributed by atoms with Crippen molar-refractivity contribution in [3.63, 3.8) is 0 Å². The van der Waals surface area contributed by atoms with Gasteiger partial charge in [0.25, 0.3) is 0 Å². The Kier molecular flexibility index (Phi) is 5.07. The van der Waals surface area contributed by atoms with E-state index in [0.717, 1.165) is 44.2 Å². The van der Waals surface area contributed by atoms with Crippen molar-refractivity contribution < 1.29 is 19.1 Å². The molecule has 1 amide bonds. The molecule has 5 nitrogen and oxygen atoms in total. The molecular weight excluding hydrogens is 306 g/mol.